The molecule has 3 rings (SSSR count). The first-order valence-electron chi connectivity index (χ1n) is 5.40. The van der Waals surface area contributed by atoms with E-state index in [4.69, 9.17) is 23.2 Å². The molecule has 1 aromatic carbocycles. The number of hydrogen-bond donors (Lipinski definition) is 0. The van der Waals surface area contributed by atoms with Gasteiger partial charge in [-0.2, -0.15) is 0 Å². The number of hydrogen-bond acceptors (Lipinski definition) is 3. The van der Waals surface area contributed by atoms with E-state index in [9.17, 15) is 4.39 Å². The van der Waals surface area contributed by atoms with E-state index in [0.717, 1.165) is 0 Å². The Hall–Kier alpha value is -1.72. The van der Waals surface area contributed by atoms with Crippen molar-refractivity contribution < 1.29 is 4.39 Å². The molecule has 0 saturated carbocycles. The van der Waals surface area contributed by atoms with E-state index in [1.54, 1.807) is 29.5 Å². The molecule has 19 heavy (non-hydrogen) atoms. The minimum absolute atomic E-state index is 0.309. The van der Waals surface area contributed by atoms with E-state index >= 15 is 0 Å². The molecule has 96 valence electrons. The summed E-state index contributed by atoms with van der Waals surface area (Å²) in [6, 6.07) is 5.96. The Morgan fingerprint density at radius 2 is 1.95 bits per heavy atom. The molecule has 0 spiro atoms. The van der Waals surface area contributed by atoms with Gasteiger partial charge in [-0.3, -0.25) is 4.40 Å². The van der Waals surface area contributed by atoms with E-state index in [2.05, 4.69) is 15.2 Å². The van der Waals surface area contributed by atoms with Gasteiger partial charge in [0.1, 0.15) is 16.8 Å². The average Bonchev–Trinajstić information content (AvgIpc) is 2.72. The van der Waals surface area contributed by atoms with Crippen molar-refractivity contribution in [1.82, 2.24) is 19.6 Å². The molecule has 0 amide bonds. The maximum absolute atomic E-state index is 13.9. The number of rotatable bonds is 1. The lowest BCUT2D eigenvalue weighted by Gasteiger charge is -2.04. The van der Waals surface area contributed by atoms with Crippen LogP contribution in [0.25, 0.3) is 17.0 Å². The zero-order valence-electron chi connectivity index (χ0n) is 9.73. The molecule has 0 saturated heterocycles. The van der Waals surface area contributed by atoms with E-state index in [-0.39, 0.29) is 0 Å². The topological polar surface area (TPSA) is 43.1 Å². The highest BCUT2D eigenvalue weighted by Gasteiger charge is 2.15. The van der Waals surface area contributed by atoms with Crippen LogP contribution in [0.1, 0.15) is 5.82 Å². The number of fused-ring (bicyclic) bond motifs is 1. The molecule has 0 aliphatic heterocycles. The Kier molecular flexibility index (Phi) is 2.88. The predicted octanol–water partition coefficient (Wildman–Crippen LogP) is 3.55. The average molecular weight is 297 g/mol. The molecule has 0 N–H and O–H groups in total. The van der Waals surface area contributed by atoms with Gasteiger partial charge in [-0.05, 0) is 25.1 Å². The van der Waals surface area contributed by atoms with Crippen LogP contribution in [0.15, 0.2) is 24.3 Å². The zero-order chi connectivity index (χ0) is 13.6. The summed E-state index contributed by atoms with van der Waals surface area (Å²) in [6.45, 7) is 1.75. The van der Waals surface area contributed by atoms with Gasteiger partial charge in [0.15, 0.2) is 11.5 Å². The lowest BCUT2D eigenvalue weighted by atomic mass is 10.2. The highest BCUT2D eigenvalue weighted by Crippen LogP contribution is 2.25. The highest BCUT2D eigenvalue weighted by molar-refractivity contribution is 6.30. The maximum atomic E-state index is 13.9. The lowest BCUT2D eigenvalue weighted by Crippen LogP contribution is -1.99. The van der Waals surface area contributed by atoms with Crippen molar-refractivity contribution in [2.24, 2.45) is 0 Å². The van der Waals surface area contributed by atoms with Crippen LogP contribution < -0.4 is 0 Å². The second-order valence-corrected chi connectivity index (χ2v) is 4.79. The Balaban J connectivity index is 2.31. The van der Waals surface area contributed by atoms with Crippen molar-refractivity contribution in [3.8, 4) is 11.4 Å². The third-order valence-electron chi connectivity index (χ3n) is 2.70. The van der Waals surface area contributed by atoms with Crippen LogP contribution in [0.2, 0.25) is 10.2 Å². The second-order valence-electron chi connectivity index (χ2n) is 3.97. The number of aromatic nitrogens is 4. The quantitative estimate of drug-likeness (QED) is 0.645. The van der Waals surface area contributed by atoms with Crippen molar-refractivity contribution >= 4 is 28.8 Å². The summed E-state index contributed by atoms with van der Waals surface area (Å²) in [5.41, 5.74) is 0.825. The largest absolute Gasteiger partial charge is 0.263 e. The van der Waals surface area contributed by atoms with Crippen LogP contribution in [0, 0.1) is 12.7 Å². The molecular weight excluding hydrogens is 290 g/mol. The number of aryl methyl sites for hydroxylation is 1. The molecule has 0 aliphatic carbocycles. The van der Waals surface area contributed by atoms with Gasteiger partial charge in [0.05, 0.1) is 5.56 Å². The number of halogens is 3. The van der Waals surface area contributed by atoms with Crippen LogP contribution in [0.5, 0.6) is 0 Å². The molecule has 0 unspecified atom stereocenters. The molecule has 0 radical (unpaired) electrons. The molecule has 4 nitrogen and oxygen atoms in total. The van der Waals surface area contributed by atoms with E-state index in [0.29, 0.717) is 33.0 Å². The minimum atomic E-state index is -0.462. The van der Waals surface area contributed by atoms with Gasteiger partial charge in [0.25, 0.3) is 0 Å². The third kappa shape index (κ3) is 2.05. The van der Waals surface area contributed by atoms with Gasteiger partial charge >= 0.3 is 0 Å². The summed E-state index contributed by atoms with van der Waals surface area (Å²) >= 11 is 11.6. The fourth-order valence-corrected chi connectivity index (χ4v) is 2.28. The molecule has 0 aliphatic rings. The van der Waals surface area contributed by atoms with Gasteiger partial charge in [0, 0.05) is 11.1 Å². The number of benzene rings is 1. The Morgan fingerprint density at radius 3 is 2.68 bits per heavy atom. The summed E-state index contributed by atoms with van der Waals surface area (Å²) in [6.07, 6.45) is 0. The fourth-order valence-electron chi connectivity index (χ4n) is 1.90. The molecule has 0 bridgehead atoms. The van der Waals surface area contributed by atoms with Crippen molar-refractivity contribution in [2.45, 2.75) is 6.92 Å². The smallest absolute Gasteiger partial charge is 0.172 e. The van der Waals surface area contributed by atoms with Gasteiger partial charge in [0.2, 0.25) is 0 Å². The van der Waals surface area contributed by atoms with Gasteiger partial charge in [-0.1, -0.05) is 23.2 Å². The summed E-state index contributed by atoms with van der Waals surface area (Å²) in [5.74, 6) is 0.485. The van der Waals surface area contributed by atoms with Crippen molar-refractivity contribution in [3.05, 3.63) is 46.1 Å². The fraction of sp³-hybridized carbons (Fsp3) is 0.0833. The molecule has 2 aromatic heterocycles. The molecular formula is C12H7Cl2FN4. The standard InChI is InChI=1S/C12H7Cl2FN4/c1-6-16-10(14)5-11-17-18-12(19(6)11)8-3-2-7(13)4-9(8)15/h2-5H,1H3. The Morgan fingerprint density at radius 1 is 1.16 bits per heavy atom. The summed E-state index contributed by atoms with van der Waals surface area (Å²) in [5, 5.41) is 8.61. The monoisotopic (exact) mass is 296 g/mol. The predicted molar refractivity (Wildman–Crippen MR) is 70.9 cm³/mol. The first-order valence-corrected chi connectivity index (χ1v) is 6.15. The van der Waals surface area contributed by atoms with Crippen LogP contribution >= 0.6 is 23.2 Å². The van der Waals surface area contributed by atoms with Crippen LogP contribution in [0.3, 0.4) is 0 Å². The zero-order valence-corrected chi connectivity index (χ0v) is 11.2. The minimum Gasteiger partial charge on any atom is -0.263 e. The highest BCUT2D eigenvalue weighted by atomic mass is 35.5. The van der Waals surface area contributed by atoms with Gasteiger partial charge < -0.3 is 0 Å². The van der Waals surface area contributed by atoms with Crippen LogP contribution in [-0.4, -0.2) is 19.6 Å². The first-order chi connectivity index (χ1) is 9.06. The van der Waals surface area contributed by atoms with Crippen LogP contribution in [-0.2, 0) is 0 Å². The van der Waals surface area contributed by atoms with E-state index in [1.165, 1.54) is 6.07 Å². The molecule has 3 aromatic rings. The summed E-state index contributed by atoms with van der Waals surface area (Å²) in [4.78, 5) is 4.11. The van der Waals surface area contributed by atoms with Crippen LogP contribution in [0.4, 0.5) is 4.39 Å². The molecule has 7 heteroatoms. The third-order valence-corrected chi connectivity index (χ3v) is 3.13. The number of nitrogens with zero attached hydrogens (tertiary/aromatic N) is 4. The first kappa shape index (κ1) is 12.3. The SMILES string of the molecule is Cc1nc(Cl)cc2nnc(-c3ccc(Cl)cc3F)n12. The van der Waals surface area contributed by atoms with Crippen molar-refractivity contribution in [1.29, 1.82) is 0 Å². The second kappa shape index (κ2) is 4.43. The molecule has 2 heterocycles. The normalized spacial score (nSPS) is 11.2. The Bertz CT molecular complexity index is 785. The van der Waals surface area contributed by atoms with Gasteiger partial charge in [-0.15, -0.1) is 10.2 Å². The molecule has 0 fully saturated rings. The lowest BCUT2D eigenvalue weighted by molar-refractivity contribution is 0.629. The van der Waals surface area contributed by atoms with Crippen molar-refractivity contribution in [3.63, 3.8) is 0 Å². The van der Waals surface area contributed by atoms with E-state index in [1.807, 2.05) is 0 Å². The maximum Gasteiger partial charge on any atom is 0.172 e. The Labute approximate surface area is 117 Å². The van der Waals surface area contributed by atoms with Gasteiger partial charge in [-0.25, -0.2) is 9.37 Å². The molecule has 0 atom stereocenters. The van der Waals surface area contributed by atoms with Crippen molar-refractivity contribution in [2.75, 3.05) is 0 Å². The summed E-state index contributed by atoms with van der Waals surface area (Å²) < 4.78 is 15.6. The van der Waals surface area contributed by atoms with E-state index < -0.39 is 5.82 Å². The summed E-state index contributed by atoms with van der Waals surface area (Å²) in [7, 11) is 0.